The number of para-hydroxylation sites is 1. The van der Waals surface area contributed by atoms with Crippen molar-refractivity contribution in [2.45, 2.75) is 6.54 Å². The molecule has 100 valence electrons. The van der Waals surface area contributed by atoms with Crippen LogP contribution in [0.5, 0.6) is 0 Å². The maximum Gasteiger partial charge on any atom is 0.0736 e. The van der Waals surface area contributed by atoms with Crippen molar-refractivity contribution in [2.75, 3.05) is 0 Å². The van der Waals surface area contributed by atoms with Gasteiger partial charge >= 0.3 is 0 Å². The predicted octanol–water partition coefficient (Wildman–Crippen LogP) is 2.71. The molecule has 0 bridgehead atoms. The van der Waals surface area contributed by atoms with Crippen LogP contribution in [0, 0.1) is 0 Å². The number of carbonyl (C=O) groups excluding carboxylic acids is 1. The highest BCUT2D eigenvalue weighted by molar-refractivity contribution is 6.30. The molecule has 0 saturated carbocycles. The van der Waals surface area contributed by atoms with Crippen molar-refractivity contribution in [3.63, 3.8) is 0 Å². The summed E-state index contributed by atoms with van der Waals surface area (Å²) in [7, 11) is 0. The molecule has 1 heterocycles. The second-order valence-electron chi connectivity index (χ2n) is 4.60. The van der Waals surface area contributed by atoms with Gasteiger partial charge in [0.05, 0.1) is 5.97 Å². The van der Waals surface area contributed by atoms with Crippen LogP contribution in [0.1, 0.15) is 15.9 Å². The molecule has 0 unspecified atom stereocenters. The van der Waals surface area contributed by atoms with Crippen molar-refractivity contribution in [3.8, 4) is 0 Å². The second-order valence-corrected chi connectivity index (χ2v) is 5.04. The molecule has 0 N–H and O–H groups in total. The van der Waals surface area contributed by atoms with Crippen molar-refractivity contribution in [1.82, 2.24) is 4.57 Å². The molecule has 0 spiro atoms. The Morgan fingerprint density at radius 3 is 2.50 bits per heavy atom. The number of carboxylic acid groups (broad SMARTS) is 1. The van der Waals surface area contributed by atoms with Crippen molar-refractivity contribution in [1.29, 1.82) is 0 Å². The molecule has 3 rings (SSSR count). The first-order chi connectivity index (χ1) is 9.65. The quantitative estimate of drug-likeness (QED) is 0.742. The number of halogens is 1. The standard InChI is InChI=1S/C16H12ClNO2/c17-12-7-5-11(6-8-12)9-18-10-14(16(19)20)13-3-1-2-4-15(13)18/h1-8,10H,9H2,(H,19,20)/p-1. The molecule has 3 nitrogen and oxygen atoms in total. The second kappa shape index (κ2) is 5.02. The predicted molar refractivity (Wildman–Crippen MR) is 76.8 cm³/mol. The molecule has 1 aromatic heterocycles. The van der Waals surface area contributed by atoms with Gasteiger partial charge in [-0.15, -0.1) is 0 Å². The summed E-state index contributed by atoms with van der Waals surface area (Å²) in [5.41, 5.74) is 2.15. The summed E-state index contributed by atoms with van der Waals surface area (Å²) < 4.78 is 1.91. The van der Waals surface area contributed by atoms with E-state index in [-0.39, 0.29) is 5.56 Å². The number of nitrogens with zero attached hydrogens (tertiary/aromatic N) is 1. The lowest BCUT2D eigenvalue weighted by atomic mass is 10.2. The Bertz CT molecular complexity index is 775. The van der Waals surface area contributed by atoms with Crippen molar-refractivity contribution < 1.29 is 9.90 Å². The van der Waals surface area contributed by atoms with Crippen molar-refractivity contribution in [2.24, 2.45) is 0 Å². The highest BCUT2D eigenvalue weighted by Crippen LogP contribution is 2.22. The first kappa shape index (κ1) is 12.8. The SMILES string of the molecule is O=C([O-])c1cn(Cc2ccc(Cl)cc2)c2ccccc12. The Hall–Kier alpha value is -2.26. The first-order valence-corrected chi connectivity index (χ1v) is 6.56. The smallest absolute Gasteiger partial charge is 0.0736 e. The monoisotopic (exact) mass is 284 g/mol. The Labute approximate surface area is 121 Å². The van der Waals surface area contributed by atoms with Gasteiger partial charge < -0.3 is 14.5 Å². The maximum absolute atomic E-state index is 11.2. The van der Waals surface area contributed by atoms with Gasteiger partial charge in [-0.25, -0.2) is 0 Å². The van der Waals surface area contributed by atoms with Crippen LogP contribution in [0.4, 0.5) is 0 Å². The van der Waals surface area contributed by atoms with E-state index in [4.69, 9.17) is 11.6 Å². The lowest BCUT2D eigenvalue weighted by molar-refractivity contribution is -0.254. The average Bonchev–Trinajstić information content (AvgIpc) is 2.81. The minimum atomic E-state index is -1.16. The van der Waals surface area contributed by atoms with Crippen molar-refractivity contribution in [3.05, 3.63) is 70.9 Å². The van der Waals surface area contributed by atoms with Gasteiger partial charge in [0.15, 0.2) is 0 Å². The summed E-state index contributed by atoms with van der Waals surface area (Å²) in [6.07, 6.45) is 1.62. The summed E-state index contributed by atoms with van der Waals surface area (Å²) in [6, 6.07) is 14.9. The zero-order valence-corrected chi connectivity index (χ0v) is 11.3. The minimum Gasteiger partial charge on any atom is -0.545 e. The van der Waals surface area contributed by atoms with Crippen LogP contribution in [-0.4, -0.2) is 10.5 Å². The minimum absolute atomic E-state index is 0.217. The Balaban J connectivity index is 2.07. The number of aromatic nitrogens is 1. The number of rotatable bonds is 3. The number of aromatic carboxylic acids is 1. The molecule has 0 saturated heterocycles. The summed E-state index contributed by atoms with van der Waals surface area (Å²) in [6.45, 7) is 0.588. The van der Waals surface area contributed by atoms with E-state index in [2.05, 4.69) is 0 Å². The van der Waals surface area contributed by atoms with Crippen LogP contribution >= 0.6 is 11.6 Å². The van der Waals surface area contributed by atoms with Gasteiger partial charge in [0.25, 0.3) is 0 Å². The molecular weight excluding hydrogens is 274 g/mol. The highest BCUT2D eigenvalue weighted by atomic mass is 35.5. The molecule has 2 aromatic carbocycles. The molecule has 0 aliphatic carbocycles. The Morgan fingerprint density at radius 1 is 1.10 bits per heavy atom. The summed E-state index contributed by atoms with van der Waals surface area (Å²) in [4.78, 5) is 11.2. The van der Waals surface area contributed by atoms with E-state index in [0.717, 1.165) is 11.1 Å². The maximum atomic E-state index is 11.2. The van der Waals surface area contributed by atoms with Gasteiger partial charge in [-0.3, -0.25) is 0 Å². The topological polar surface area (TPSA) is 45.1 Å². The van der Waals surface area contributed by atoms with Gasteiger partial charge in [-0.05, 0) is 23.8 Å². The molecule has 20 heavy (non-hydrogen) atoms. The third-order valence-corrected chi connectivity index (χ3v) is 3.53. The van der Waals surface area contributed by atoms with E-state index in [1.807, 2.05) is 47.0 Å². The van der Waals surface area contributed by atoms with E-state index in [0.29, 0.717) is 17.0 Å². The molecule has 0 fully saturated rings. The van der Waals surface area contributed by atoms with Gasteiger partial charge in [0.1, 0.15) is 0 Å². The fourth-order valence-corrected chi connectivity index (χ4v) is 2.45. The first-order valence-electron chi connectivity index (χ1n) is 6.19. The normalized spacial score (nSPS) is 10.8. The fraction of sp³-hybridized carbons (Fsp3) is 0.0625. The summed E-state index contributed by atoms with van der Waals surface area (Å²) in [5, 5.41) is 12.6. The van der Waals surface area contributed by atoms with E-state index in [1.54, 1.807) is 12.3 Å². The number of benzene rings is 2. The van der Waals surface area contributed by atoms with Gasteiger partial charge in [0.2, 0.25) is 0 Å². The third-order valence-electron chi connectivity index (χ3n) is 3.27. The summed E-state index contributed by atoms with van der Waals surface area (Å²) in [5.74, 6) is -1.16. The Kier molecular flexibility index (Phi) is 3.20. The largest absolute Gasteiger partial charge is 0.545 e. The number of fused-ring (bicyclic) bond motifs is 1. The molecule has 4 heteroatoms. The van der Waals surface area contributed by atoms with E-state index in [1.165, 1.54) is 0 Å². The molecule has 3 aromatic rings. The number of hydrogen-bond donors (Lipinski definition) is 0. The van der Waals surface area contributed by atoms with E-state index >= 15 is 0 Å². The molecule has 0 atom stereocenters. The van der Waals surface area contributed by atoms with Crippen LogP contribution in [0.15, 0.2) is 54.7 Å². The lowest BCUT2D eigenvalue weighted by Crippen LogP contribution is -2.21. The van der Waals surface area contributed by atoms with Crippen LogP contribution in [0.25, 0.3) is 10.9 Å². The fourth-order valence-electron chi connectivity index (χ4n) is 2.33. The number of carboxylic acids is 1. The van der Waals surface area contributed by atoms with Gasteiger partial charge in [-0.1, -0.05) is 41.9 Å². The zero-order chi connectivity index (χ0) is 14.1. The number of hydrogen-bond acceptors (Lipinski definition) is 2. The van der Waals surface area contributed by atoms with Crippen LogP contribution < -0.4 is 5.11 Å². The highest BCUT2D eigenvalue weighted by Gasteiger charge is 2.08. The Morgan fingerprint density at radius 2 is 1.80 bits per heavy atom. The van der Waals surface area contributed by atoms with Crippen LogP contribution in [-0.2, 0) is 6.54 Å². The molecule has 0 aliphatic heterocycles. The van der Waals surface area contributed by atoms with Gasteiger partial charge in [0, 0.05) is 34.2 Å². The molecular formula is C16H11ClNO2-. The zero-order valence-electron chi connectivity index (χ0n) is 10.5. The van der Waals surface area contributed by atoms with E-state index < -0.39 is 5.97 Å². The van der Waals surface area contributed by atoms with Crippen LogP contribution in [0.3, 0.4) is 0 Å². The van der Waals surface area contributed by atoms with Gasteiger partial charge in [-0.2, -0.15) is 0 Å². The average molecular weight is 285 g/mol. The third kappa shape index (κ3) is 2.28. The number of carbonyl (C=O) groups is 1. The van der Waals surface area contributed by atoms with Crippen molar-refractivity contribution >= 4 is 28.5 Å². The lowest BCUT2D eigenvalue weighted by Gasteiger charge is -2.05. The van der Waals surface area contributed by atoms with Crippen LogP contribution in [0.2, 0.25) is 5.02 Å². The molecule has 0 aliphatic rings. The van der Waals surface area contributed by atoms with E-state index in [9.17, 15) is 9.90 Å². The molecule has 0 amide bonds. The molecule has 0 radical (unpaired) electrons. The summed E-state index contributed by atoms with van der Waals surface area (Å²) >= 11 is 5.86.